The highest BCUT2D eigenvalue weighted by Crippen LogP contribution is 2.22. The van der Waals surface area contributed by atoms with Crippen molar-refractivity contribution in [3.63, 3.8) is 0 Å². The predicted molar refractivity (Wildman–Crippen MR) is 77.3 cm³/mol. The number of oxazole rings is 1. The van der Waals surface area contributed by atoms with E-state index in [0.29, 0.717) is 17.6 Å². The van der Waals surface area contributed by atoms with Crippen LogP contribution in [0.15, 0.2) is 22.6 Å². The summed E-state index contributed by atoms with van der Waals surface area (Å²) in [7, 11) is 1.58. The van der Waals surface area contributed by atoms with Crippen molar-refractivity contribution in [2.24, 2.45) is 5.41 Å². The van der Waals surface area contributed by atoms with Gasteiger partial charge in [-0.05, 0) is 32.0 Å². The Bertz CT molecular complexity index is 691. The Hall–Kier alpha value is -2.57. The Morgan fingerprint density at radius 1 is 1.38 bits per heavy atom. The minimum Gasteiger partial charge on any atom is -0.478 e. The van der Waals surface area contributed by atoms with Crippen molar-refractivity contribution < 1.29 is 19.1 Å². The van der Waals surface area contributed by atoms with E-state index in [2.05, 4.69) is 15.6 Å². The molecule has 0 saturated carbocycles. The van der Waals surface area contributed by atoms with Crippen LogP contribution in [-0.4, -0.2) is 35.6 Å². The van der Waals surface area contributed by atoms with E-state index in [-0.39, 0.29) is 17.5 Å². The molecule has 0 unspecified atom stereocenters. The molecule has 7 nitrogen and oxygen atoms in total. The molecule has 1 aromatic carbocycles. The van der Waals surface area contributed by atoms with Crippen molar-refractivity contribution in [3.05, 3.63) is 23.8 Å². The molecule has 0 saturated heterocycles. The maximum atomic E-state index is 11.7. The van der Waals surface area contributed by atoms with Crippen molar-refractivity contribution in [2.75, 3.05) is 18.9 Å². The standard InChI is InChI=1S/C14H17N3O4/c1-14(2,12(20)15-3)7-16-13-17-9-5-4-8(11(18)19)6-10(9)21-13/h4-6H,7H2,1-3H3,(H,15,20)(H,16,17)(H,18,19). The molecule has 0 aliphatic heterocycles. The van der Waals surface area contributed by atoms with E-state index in [9.17, 15) is 9.59 Å². The third-order valence-corrected chi connectivity index (χ3v) is 3.16. The summed E-state index contributed by atoms with van der Waals surface area (Å²) in [5.41, 5.74) is 0.452. The summed E-state index contributed by atoms with van der Waals surface area (Å²) in [5, 5.41) is 14.5. The molecule has 1 heterocycles. The van der Waals surface area contributed by atoms with Gasteiger partial charge in [0.15, 0.2) is 5.58 Å². The number of carbonyl (C=O) groups is 2. The van der Waals surface area contributed by atoms with Gasteiger partial charge in [0.2, 0.25) is 5.91 Å². The average Bonchev–Trinajstić information content (AvgIpc) is 2.86. The summed E-state index contributed by atoms with van der Waals surface area (Å²) in [4.78, 5) is 26.8. The van der Waals surface area contributed by atoms with Gasteiger partial charge in [0.1, 0.15) is 5.52 Å². The molecule has 0 aliphatic rings. The highest BCUT2D eigenvalue weighted by molar-refractivity contribution is 5.92. The quantitative estimate of drug-likeness (QED) is 0.774. The lowest BCUT2D eigenvalue weighted by Crippen LogP contribution is -2.39. The van der Waals surface area contributed by atoms with Crippen LogP contribution in [0, 0.1) is 5.41 Å². The number of hydrogen-bond acceptors (Lipinski definition) is 5. The Balaban J connectivity index is 2.16. The van der Waals surface area contributed by atoms with Crippen molar-refractivity contribution >= 4 is 29.0 Å². The van der Waals surface area contributed by atoms with Crippen LogP contribution in [0.1, 0.15) is 24.2 Å². The molecular weight excluding hydrogens is 274 g/mol. The second-order valence-corrected chi connectivity index (χ2v) is 5.32. The monoisotopic (exact) mass is 291 g/mol. The second kappa shape index (κ2) is 5.43. The first-order chi connectivity index (χ1) is 9.83. The second-order valence-electron chi connectivity index (χ2n) is 5.32. The first kappa shape index (κ1) is 14.8. The van der Waals surface area contributed by atoms with Crippen LogP contribution in [0.5, 0.6) is 0 Å². The number of carboxylic acids is 1. The lowest BCUT2D eigenvalue weighted by atomic mass is 9.92. The van der Waals surface area contributed by atoms with Crippen LogP contribution in [0.4, 0.5) is 6.01 Å². The third-order valence-electron chi connectivity index (χ3n) is 3.16. The smallest absolute Gasteiger partial charge is 0.335 e. The normalized spacial score (nSPS) is 11.4. The molecule has 0 radical (unpaired) electrons. The van der Waals surface area contributed by atoms with E-state index >= 15 is 0 Å². The summed E-state index contributed by atoms with van der Waals surface area (Å²) in [6.07, 6.45) is 0. The number of benzene rings is 1. The minimum absolute atomic E-state index is 0.0979. The number of nitrogens with zero attached hydrogens (tertiary/aromatic N) is 1. The van der Waals surface area contributed by atoms with Gasteiger partial charge in [0, 0.05) is 13.6 Å². The van der Waals surface area contributed by atoms with E-state index in [4.69, 9.17) is 9.52 Å². The van der Waals surface area contributed by atoms with E-state index < -0.39 is 11.4 Å². The number of nitrogens with one attached hydrogen (secondary N) is 2. The highest BCUT2D eigenvalue weighted by Gasteiger charge is 2.26. The Labute approximate surface area is 121 Å². The van der Waals surface area contributed by atoms with Gasteiger partial charge in [0.05, 0.1) is 11.0 Å². The molecule has 0 atom stereocenters. The molecule has 1 aromatic heterocycles. The summed E-state index contributed by atoms with van der Waals surface area (Å²) in [6.45, 7) is 3.93. The van der Waals surface area contributed by atoms with Crippen LogP contribution >= 0.6 is 0 Å². The predicted octanol–water partition coefficient (Wildman–Crippen LogP) is 1.71. The maximum Gasteiger partial charge on any atom is 0.335 e. The molecule has 0 bridgehead atoms. The SMILES string of the molecule is CNC(=O)C(C)(C)CNc1nc2ccc(C(=O)O)cc2o1. The summed E-state index contributed by atoms with van der Waals surface area (Å²) < 4.78 is 5.45. The van der Waals surface area contributed by atoms with Gasteiger partial charge < -0.3 is 20.2 Å². The summed E-state index contributed by atoms with van der Waals surface area (Å²) in [5.74, 6) is -1.12. The number of fused-ring (bicyclic) bond motifs is 1. The zero-order valence-corrected chi connectivity index (χ0v) is 12.1. The fourth-order valence-electron chi connectivity index (χ4n) is 1.85. The van der Waals surface area contributed by atoms with Gasteiger partial charge in [-0.1, -0.05) is 0 Å². The third kappa shape index (κ3) is 3.13. The Morgan fingerprint density at radius 2 is 2.10 bits per heavy atom. The van der Waals surface area contributed by atoms with Crippen LogP contribution in [0.2, 0.25) is 0 Å². The van der Waals surface area contributed by atoms with Gasteiger partial charge in [0.25, 0.3) is 6.01 Å². The molecule has 1 amide bonds. The Morgan fingerprint density at radius 3 is 2.71 bits per heavy atom. The number of hydrogen-bond donors (Lipinski definition) is 3. The van der Waals surface area contributed by atoms with Gasteiger partial charge >= 0.3 is 5.97 Å². The molecule has 112 valence electrons. The number of carbonyl (C=O) groups excluding carboxylic acids is 1. The zero-order valence-electron chi connectivity index (χ0n) is 12.1. The molecule has 2 aromatic rings. The van der Waals surface area contributed by atoms with Crippen molar-refractivity contribution in [2.45, 2.75) is 13.8 Å². The average molecular weight is 291 g/mol. The summed E-state index contributed by atoms with van der Waals surface area (Å²) >= 11 is 0. The van der Waals surface area contributed by atoms with E-state index in [1.54, 1.807) is 27.0 Å². The molecule has 2 rings (SSSR count). The van der Waals surface area contributed by atoms with Crippen LogP contribution in [0.25, 0.3) is 11.1 Å². The van der Waals surface area contributed by atoms with Crippen molar-refractivity contribution in [1.82, 2.24) is 10.3 Å². The number of rotatable bonds is 5. The maximum absolute atomic E-state index is 11.7. The van der Waals surface area contributed by atoms with Crippen molar-refractivity contribution in [3.8, 4) is 0 Å². The molecular formula is C14H17N3O4. The number of anilines is 1. The lowest BCUT2D eigenvalue weighted by molar-refractivity contribution is -0.128. The minimum atomic E-state index is -1.02. The Kier molecular flexibility index (Phi) is 3.84. The molecule has 3 N–H and O–H groups in total. The topological polar surface area (TPSA) is 104 Å². The fraction of sp³-hybridized carbons (Fsp3) is 0.357. The van der Waals surface area contributed by atoms with E-state index in [1.807, 2.05) is 0 Å². The van der Waals surface area contributed by atoms with Gasteiger partial charge in [-0.25, -0.2) is 4.79 Å². The highest BCUT2D eigenvalue weighted by atomic mass is 16.4. The molecule has 0 fully saturated rings. The molecule has 21 heavy (non-hydrogen) atoms. The van der Waals surface area contributed by atoms with Crippen LogP contribution in [-0.2, 0) is 4.79 Å². The van der Waals surface area contributed by atoms with E-state index in [1.165, 1.54) is 12.1 Å². The van der Waals surface area contributed by atoms with Crippen molar-refractivity contribution in [1.29, 1.82) is 0 Å². The number of carboxylic acid groups (broad SMARTS) is 1. The largest absolute Gasteiger partial charge is 0.478 e. The fourth-order valence-corrected chi connectivity index (χ4v) is 1.85. The number of aromatic carboxylic acids is 1. The van der Waals surface area contributed by atoms with Gasteiger partial charge in [-0.15, -0.1) is 0 Å². The van der Waals surface area contributed by atoms with Gasteiger partial charge in [-0.3, -0.25) is 4.79 Å². The number of aromatic nitrogens is 1. The lowest BCUT2D eigenvalue weighted by Gasteiger charge is -2.22. The first-order valence-corrected chi connectivity index (χ1v) is 6.43. The number of amides is 1. The van der Waals surface area contributed by atoms with Crippen LogP contribution < -0.4 is 10.6 Å². The molecule has 0 spiro atoms. The molecule has 0 aliphatic carbocycles. The van der Waals surface area contributed by atoms with Gasteiger partial charge in [-0.2, -0.15) is 4.98 Å². The van der Waals surface area contributed by atoms with Crippen LogP contribution in [0.3, 0.4) is 0 Å². The zero-order chi connectivity index (χ0) is 15.6. The van der Waals surface area contributed by atoms with E-state index in [0.717, 1.165) is 0 Å². The first-order valence-electron chi connectivity index (χ1n) is 6.43. The molecule has 7 heteroatoms. The summed E-state index contributed by atoms with van der Waals surface area (Å²) in [6, 6.07) is 4.72.